The molecule has 1 saturated heterocycles. The lowest BCUT2D eigenvalue weighted by Crippen LogP contribution is -2.53. The normalized spacial score (nSPS) is 25.7. The topological polar surface area (TPSA) is 38.8 Å². The van der Waals surface area contributed by atoms with Gasteiger partial charge in [0.2, 0.25) is 0 Å². The second-order valence-corrected chi connectivity index (χ2v) is 5.79. The van der Waals surface area contributed by atoms with Gasteiger partial charge in [0.05, 0.1) is 18.8 Å². The third-order valence-corrected chi connectivity index (χ3v) is 3.36. The molecule has 98 valence electrons. The minimum atomic E-state index is -0.315. The molecule has 2 rings (SSSR count). The molecule has 0 unspecified atom stereocenters. The standard InChI is InChI=1S/C13H23NO3/c1-10(16-8-11-4-5-11)12(15)14-6-7-17-13(2,3)9-14/h10-11H,4-9H2,1-3H3/t10-/m0/s1. The number of rotatable bonds is 4. The van der Waals surface area contributed by atoms with Crippen molar-refractivity contribution in [2.45, 2.75) is 45.3 Å². The second kappa shape index (κ2) is 4.94. The molecule has 0 aromatic carbocycles. The number of nitrogens with zero attached hydrogens (tertiary/aromatic N) is 1. The molecule has 0 spiro atoms. The van der Waals surface area contributed by atoms with Gasteiger partial charge >= 0.3 is 0 Å². The van der Waals surface area contributed by atoms with Gasteiger partial charge < -0.3 is 14.4 Å². The summed E-state index contributed by atoms with van der Waals surface area (Å²) in [6.45, 7) is 8.58. The highest BCUT2D eigenvalue weighted by Crippen LogP contribution is 2.29. The van der Waals surface area contributed by atoms with E-state index in [0.29, 0.717) is 25.6 Å². The Morgan fingerprint density at radius 1 is 1.53 bits per heavy atom. The summed E-state index contributed by atoms with van der Waals surface area (Å²) in [4.78, 5) is 14.0. The fourth-order valence-corrected chi connectivity index (χ4v) is 2.10. The zero-order chi connectivity index (χ0) is 12.5. The predicted molar refractivity (Wildman–Crippen MR) is 64.7 cm³/mol. The minimum Gasteiger partial charge on any atom is -0.372 e. The van der Waals surface area contributed by atoms with Crippen LogP contribution in [0.2, 0.25) is 0 Å². The molecule has 0 aromatic rings. The number of ether oxygens (including phenoxy) is 2. The summed E-state index contributed by atoms with van der Waals surface area (Å²) in [6.07, 6.45) is 2.20. The van der Waals surface area contributed by atoms with Crippen molar-refractivity contribution in [3.63, 3.8) is 0 Å². The van der Waals surface area contributed by atoms with Crippen molar-refractivity contribution in [1.82, 2.24) is 4.90 Å². The van der Waals surface area contributed by atoms with E-state index in [0.717, 1.165) is 6.61 Å². The van der Waals surface area contributed by atoms with E-state index in [1.54, 1.807) is 0 Å². The van der Waals surface area contributed by atoms with E-state index in [2.05, 4.69) is 0 Å². The summed E-state index contributed by atoms with van der Waals surface area (Å²) < 4.78 is 11.2. The van der Waals surface area contributed by atoms with Crippen LogP contribution in [-0.4, -0.2) is 48.8 Å². The van der Waals surface area contributed by atoms with Crippen molar-refractivity contribution in [2.75, 3.05) is 26.3 Å². The number of carbonyl (C=O) groups is 1. The average Bonchev–Trinajstić information content (AvgIpc) is 3.07. The van der Waals surface area contributed by atoms with E-state index in [9.17, 15) is 4.79 Å². The van der Waals surface area contributed by atoms with E-state index < -0.39 is 0 Å². The molecule has 17 heavy (non-hydrogen) atoms. The molecule has 0 aromatic heterocycles. The van der Waals surface area contributed by atoms with Crippen LogP contribution < -0.4 is 0 Å². The van der Waals surface area contributed by atoms with Crippen LogP contribution in [0.3, 0.4) is 0 Å². The molecule has 0 radical (unpaired) electrons. The highest BCUT2D eigenvalue weighted by Gasteiger charge is 2.32. The zero-order valence-electron chi connectivity index (χ0n) is 11.1. The van der Waals surface area contributed by atoms with Crippen molar-refractivity contribution < 1.29 is 14.3 Å². The second-order valence-electron chi connectivity index (χ2n) is 5.79. The Hall–Kier alpha value is -0.610. The molecule has 1 amide bonds. The highest BCUT2D eigenvalue weighted by atomic mass is 16.5. The first-order valence-electron chi connectivity index (χ1n) is 6.52. The molecular weight excluding hydrogens is 218 g/mol. The molecule has 2 aliphatic rings. The maximum atomic E-state index is 12.2. The first-order valence-corrected chi connectivity index (χ1v) is 6.52. The van der Waals surface area contributed by atoms with Gasteiger partial charge in [-0.3, -0.25) is 4.79 Å². The smallest absolute Gasteiger partial charge is 0.251 e. The fraction of sp³-hybridized carbons (Fsp3) is 0.923. The molecule has 4 heteroatoms. The van der Waals surface area contributed by atoms with Crippen molar-refractivity contribution in [1.29, 1.82) is 0 Å². The van der Waals surface area contributed by atoms with E-state index in [4.69, 9.17) is 9.47 Å². The van der Waals surface area contributed by atoms with Gasteiger partial charge in [0.25, 0.3) is 5.91 Å². The molecule has 1 aliphatic carbocycles. The van der Waals surface area contributed by atoms with Crippen LogP contribution >= 0.6 is 0 Å². The summed E-state index contributed by atoms with van der Waals surface area (Å²) in [6, 6.07) is 0. The van der Waals surface area contributed by atoms with Gasteiger partial charge in [0, 0.05) is 13.1 Å². The molecule has 1 atom stereocenters. The van der Waals surface area contributed by atoms with Crippen molar-refractivity contribution in [3.8, 4) is 0 Å². The SMILES string of the molecule is C[C@H](OCC1CC1)C(=O)N1CCOC(C)(C)C1. The minimum absolute atomic E-state index is 0.0991. The van der Waals surface area contributed by atoms with Gasteiger partial charge in [0.1, 0.15) is 6.10 Å². The zero-order valence-corrected chi connectivity index (χ0v) is 11.1. The summed E-state index contributed by atoms with van der Waals surface area (Å²) in [5.41, 5.74) is -0.232. The lowest BCUT2D eigenvalue weighted by atomic mass is 10.1. The summed E-state index contributed by atoms with van der Waals surface area (Å²) in [7, 11) is 0. The fourth-order valence-electron chi connectivity index (χ4n) is 2.10. The Balaban J connectivity index is 1.80. The Bertz CT molecular complexity index is 286. The summed E-state index contributed by atoms with van der Waals surface area (Å²) >= 11 is 0. The lowest BCUT2D eigenvalue weighted by Gasteiger charge is -2.39. The number of hydrogen-bond donors (Lipinski definition) is 0. The third-order valence-electron chi connectivity index (χ3n) is 3.36. The molecule has 1 aliphatic heterocycles. The van der Waals surface area contributed by atoms with Gasteiger partial charge in [-0.2, -0.15) is 0 Å². The number of carbonyl (C=O) groups excluding carboxylic acids is 1. The van der Waals surface area contributed by atoms with Crippen LogP contribution in [0.5, 0.6) is 0 Å². The first-order chi connectivity index (χ1) is 7.98. The van der Waals surface area contributed by atoms with E-state index >= 15 is 0 Å². The quantitative estimate of drug-likeness (QED) is 0.747. The lowest BCUT2D eigenvalue weighted by molar-refractivity contribution is -0.156. The number of amides is 1. The molecule has 0 bridgehead atoms. The van der Waals surface area contributed by atoms with Gasteiger partial charge in [-0.25, -0.2) is 0 Å². The third kappa shape index (κ3) is 3.68. The summed E-state index contributed by atoms with van der Waals surface area (Å²) in [5.74, 6) is 0.799. The van der Waals surface area contributed by atoms with Gasteiger partial charge in [-0.1, -0.05) is 0 Å². The van der Waals surface area contributed by atoms with Crippen LogP contribution in [0.25, 0.3) is 0 Å². The van der Waals surface area contributed by atoms with E-state index in [1.165, 1.54) is 12.8 Å². The van der Waals surface area contributed by atoms with Crippen molar-refractivity contribution in [3.05, 3.63) is 0 Å². The van der Waals surface area contributed by atoms with Crippen LogP contribution in [0, 0.1) is 5.92 Å². The van der Waals surface area contributed by atoms with E-state index in [1.807, 2.05) is 25.7 Å². The summed E-state index contributed by atoms with van der Waals surface area (Å²) in [5, 5.41) is 0. The number of morpholine rings is 1. The Kier molecular flexibility index (Phi) is 3.73. The maximum absolute atomic E-state index is 12.2. The monoisotopic (exact) mass is 241 g/mol. The van der Waals surface area contributed by atoms with Crippen LogP contribution in [0.1, 0.15) is 33.6 Å². The van der Waals surface area contributed by atoms with E-state index in [-0.39, 0.29) is 17.6 Å². The van der Waals surface area contributed by atoms with Gasteiger partial charge in [-0.15, -0.1) is 0 Å². The molecule has 2 fully saturated rings. The van der Waals surface area contributed by atoms with Crippen molar-refractivity contribution >= 4 is 5.91 Å². The van der Waals surface area contributed by atoms with Crippen LogP contribution in [0.4, 0.5) is 0 Å². The Morgan fingerprint density at radius 3 is 2.82 bits per heavy atom. The largest absolute Gasteiger partial charge is 0.372 e. The maximum Gasteiger partial charge on any atom is 0.251 e. The average molecular weight is 241 g/mol. The molecule has 4 nitrogen and oxygen atoms in total. The Morgan fingerprint density at radius 2 is 2.24 bits per heavy atom. The molecule has 0 N–H and O–H groups in total. The molecule has 1 heterocycles. The number of hydrogen-bond acceptors (Lipinski definition) is 3. The van der Waals surface area contributed by atoms with Gasteiger partial charge in [0.15, 0.2) is 0 Å². The first kappa shape index (κ1) is 12.8. The van der Waals surface area contributed by atoms with Crippen LogP contribution in [-0.2, 0) is 14.3 Å². The van der Waals surface area contributed by atoms with Gasteiger partial charge in [-0.05, 0) is 39.5 Å². The molecule has 1 saturated carbocycles. The highest BCUT2D eigenvalue weighted by molar-refractivity contribution is 5.80. The van der Waals surface area contributed by atoms with Crippen molar-refractivity contribution in [2.24, 2.45) is 5.92 Å². The molecular formula is C13H23NO3. The predicted octanol–water partition coefficient (Wildman–Crippen LogP) is 1.44. The Labute approximate surface area is 103 Å². The van der Waals surface area contributed by atoms with Crippen LogP contribution in [0.15, 0.2) is 0 Å².